The lowest BCUT2D eigenvalue weighted by molar-refractivity contribution is 0.470. The third kappa shape index (κ3) is 4.28. The average molecular weight is 198 g/mol. The van der Waals surface area contributed by atoms with Crippen molar-refractivity contribution in [2.45, 2.75) is 40.5 Å². The van der Waals surface area contributed by atoms with Gasteiger partial charge in [-0.25, -0.2) is 0 Å². The number of phenols is 1. The van der Waals surface area contributed by atoms with Gasteiger partial charge in [0.05, 0.1) is 0 Å². The summed E-state index contributed by atoms with van der Waals surface area (Å²) in [5, 5.41) is 9.23. The highest BCUT2D eigenvalue weighted by atomic mass is 16.3. The van der Waals surface area contributed by atoms with E-state index in [2.05, 4.69) is 13.8 Å². The standard InChI is InChI=1S/C10H14O.C2H6.H2O/c1-7(2)9-4-5-10(11)8(3)6-9;1-2;/h4-7,11H,1-3H3;1-2H3;1H2. The first kappa shape index (κ1) is 15.5. The molecule has 0 radical (unpaired) electrons. The molecule has 1 aromatic rings. The van der Waals surface area contributed by atoms with Gasteiger partial charge < -0.3 is 10.6 Å². The molecule has 0 heterocycles. The highest BCUT2D eigenvalue weighted by Crippen LogP contribution is 2.21. The fourth-order valence-corrected chi connectivity index (χ4v) is 1.04. The molecular weight excluding hydrogens is 176 g/mol. The van der Waals surface area contributed by atoms with Crippen LogP contribution in [0.4, 0.5) is 0 Å². The summed E-state index contributed by atoms with van der Waals surface area (Å²) in [6.45, 7) is 10.2. The maximum absolute atomic E-state index is 9.23. The Morgan fingerprint density at radius 3 is 2.00 bits per heavy atom. The Hall–Kier alpha value is -1.02. The third-order valence-electron chi connectivity index (χ3n) is 1.89. The van der Waals surface area contributed by atoms with Crippen molar-refractivity contribution in [1.29, 1.82) is 0 Å². The van der Waals surface area contributed by atoms with Crippen molar-refractivity contribution in [2.24, 2.45) is 0 Å². The zero-order chi connectivity index (χ0) is 10.4. The number of hydrogen-bond acceptors (Lipinski definition) is 1. The Balaban J connectivity index is 0. The molecule has 0 bridgehead atoms. The van der Waals surface area contributed by atoms with Gasteiger partial charge in [-0.15, -0.1) is 0 Å². The van der Waals surface area contributed by atoms with E-state index in [1.165, 1.54) is 5.56 Å². The number of rotatable bonds is 1. The Labute approximate surface area is 86.9 Å². The molecule has 0 amide bonds. The molecule has 0 aliphatic heterocycles. The molecule has 1 aromatic carbocycles. The van der Waals surface area contributed by atoms with Gasteiger partial charge in [-0.1, -0.05) is 39.8 Å². The Morgan fingerprint density at radius 2 is 1.64 bits per heavy atom. The second-order valence-electron chi connectivity index (χ2n) is 3.20. The van der Waals surface area contributed by atoms with Gasteiger partial charge in [0, 0.05) is 0 Å². The number of aromatic hydroxyl groups is 1. The summed E-state index contributed by atoms with van der Waals surface area (Å²) >= 11 is 0. The molecule has 0 saturated carbocycles. The molecule has 0 saturated heterocycles. The first-order chi connectivity index (χ1) is 6.11. The lowest BCUT2D eigenvalue weighted by Crippen LogP contribution is -1.87. The number of hydrogen-bond donors (Lipinski definition) is 1. The van der Waals surface area contributed by atoms with E-state index in [0.29, 0.717) is 11.7 Å². The minimum absolute atomic E-state index is 0. The van der Waals surface area contributed by atoms with Crippen molar-refractivity contribution in [3.63, 3.8) is 0 Å². The van der Waals surface area contributed by atoms with E-state index in [1.807, 2.05) is 32.9 Å². The van der Waals surface area contributed by atoms with Crippen LogP contribution in [0, 0.1) is 6.92 Å². The van der Waals surface area contributed by atoms with Crippen molar-refractivity contribution in [3.8, 4) is 5.75 Å². The fourth-order valence-electron chi connectivity index (χ4n) is 1.04. The first-order valence-corrected chi connectivity index (χ1v) is 4.91. The minimum atomic E-state index is 0. The van der Waals surface area contributed by atoms with Crippen LogP contribution in [0.1, 0.15) is 44.7 Å². The number of aryl methyl sites for hydroxylation is 1. The van der Waals surface area contributed by atoms with E-state index in [-0.39, 0.29) is 5.48 Å². The summed E-state index contributed by atoms with van der Waals surface area (Å²) in [5.41, 5.74) is 2.23. The lowest BCUT2D eigenvalue weighted by Gasteiger charge is -2.06. The van der Waals surface area contributed by atoms with Gasteiger partial charge in [0.1, 0.15) is 5.75 Å². The van der Waals surface area contributed by atoms with Crippen molar-refractivity contribution >= 4 is 0 Å². The quantitative estimate of drug-likeness (QED) is 0.741. The van der Waals surface area contributed by atoms with Crippen molar-refractivity contribution < 1.29 is 10.6 Å². The van der Waals surface area contributed by atoms with Gasteiger partial charge >= 0.3 is 0 Å². The predicted molar refractivity (Wildman–Crippen MR) is 61.9 cm³/mol. The molecule has 3 N–H and O–H groups in total. The van der Waals surface area contributed by atoms with E-state index in [9.17, 15) is 5.11 Å². The van der Waals surface area contributed by atoms with Crippen LogP contribution in [0.5, 0.6) is 5.75 Å². The van der Waals surface area contributed by atoms with Crippen LogP contribution in [0.15, 0.2) is 18.2 Å². The molecule has 0 aliphatic rings. The largest absolute Gasteiger partial charge is 0.508 e. The molecule has 82 valence electrons. The normalized spacial score (nSPS) is 8.71. The second-order valence-corrected chi connectivity index (χ2v) is 3.20. The van der Waals surface area contributed by atoms with Crippen LogP contribution < -0.4 is 0 Å². The summed E-state index contributed by atoms with van der Waals surface area (Å²) in [5.74, 6) is 0.920. The first-order valence-electron chi connectivity index (χ1n) is 4.91. The highest BCUT2D eigenvalue weighted by Gasteiger charge is 2.00. The summed E-state index contributed by atoms with van der Waals surface area (Å²) in [7, 11) is 0. The molecule has 0 spiro atoms. The lowest BCUT2D eigenvalue weighted by atomic mass is 10.0. The van der Waals surface area contributed by atoms with Gasteiger partial charge in [0.2, 0.25) is 0 Å². The summed E-state index contributed by atoms with van der Waals surface area (Å²) in [6.07, 6.45) is 0. The zero-order valence-electron chi connectivity index (χ0n) is 9.76. The second kappa shape index (κ2) is 7.39. The maximum Gasteiger partial charge on any atom is 0.118 e. The van der Waals surface area contributed by atoms with Gasteiger partial charge in [-0.05, 0) is 30.0 Å². The van der Waals surface area contributed by atoms with Crippen molar-refractivity contribution in [2.75, 3.05) is 0 Å². The molecule has 0 fully saturated rings. The molecule has 0 atom stereocenters. The molecule has 0 unspecified atom stereocenters. The molecular formula is C12H22O2. The van der Waals surface area contributed by atoms with E-state index >= 15 is 0 Å². The molecule has 0 aromatic heterocycles. The van der Waals surface area contributed by atoms with Crippen LogP contribution in [-0.4, -0.2) is 10.6 Å². The van der Waals surface area contributed by atoms with E-state index < -0.39 is 0 Å². The third-order valence-corrected chi connectivity index (χ3v) is 1.89. The summed E-state index contributed by atoms with van der Waals surface area (Å²) < 4.78 is 0. The van der Waals surface area contributed by atoms with Crippen LogP contribution in [-0.2, 0) is 0 Å². The van der Waals surface area contributed by atoms with Gasteiger partial charge in [-0.2, -0.15) is 0 Å². The summed E-state index contributed by atoms with van der Waals surface area (Å²) in [4.78, 5) is 0. The van der Waals surface area contributed by atoms with Gasteiger partial charge in [0.15, 0.2) is 0 Å². The van der Waals surface area contributed by atoms with Crippen LogP contribution in [0.25, 0.3) is 0 Å². The van der Waals surface area contributed by atoms with Gasteiger partial charge in [-0.3, -0.25) is 0 Å². The molecule has 14 heavy (non-hydrogen) atoms. The molecule has 2 heteroatoms. The van der Waals surface area contributed by atoms with Crippen molar-refractivity contribution in [1.82, 2.24) is 0 Å². The number of benzene rings is 1. The Morgan fingerprint density at radius 1 is 1.14 bits per heavy atom. The zero-order valence-corrected chi connectivity index (χ0v) is 9.76. The van der Waals surface area contributed by atoms with Crippen molar-refractivity contribution in [3.05, 3.63) is 29.3 Å². The van der Waals surface area contributed by atoms with Crippen LogP contribution >= 0.6 is 0 Å². The monoisotopic (exact) mass is 198 g/mol. The van der Waals surface area contributed by atoms with Gasteiger partial charge in [0.25, 0.3) is 0 Å². The van der Waals surface area contributed by atoms with E-state index in [4.69, 9.17) is 0 Å². The fraction of sp³-hybridized carbons (Fsp3) is 0.500. The van der Waals surface area contributed by atoms with Crippen LogP contribution in [0.2, 0.25) is 0 Å². The average Bonchev–Trinajstić information content (AvgIpc) is 2.13. The minimum Gasteiger partial charge on any atom is -0.508 e. The molecule has 2 nitrogen and oxygen atoms in total. The predicted octanol–water partition coefficient (Wildman–Crippen LogP) is 3.03. The topological polar surface area (TPSA) is 51.7 Å². The number of phenolic OH excluding ortho intramolecular Hbond substituents is 1. The smallest absolute Gasteiger partial charge is 0.118 e. The SMILES string of the molecule is CC.Cc1cc(C(C)C)ccc1O.O. The Kier molecular flexibility index (Phi) is 8.16. The van der Waals surface area contributed by atoms with Crippen LogP contribution in [0.3, 0.4) is 0 Å². The summed E-state index contributed by atoms with van der Waals surface area (Å²) in [6, 6.07) is 5.75. The maximum atomic E-state index is 9.23. The molecule has 1 rings (SSSR count). The van der Waals surface area contributed by atoms with E-state index in [0.717, 1.165) is 5.56 Å². The Bertz CT molecular complexity index is 254. The van der Waals surface area contributed by atoms with E-state index in [1.54, 1.807) is 6.07 Å². The molecule has 0 aliphatic carbocycles. The highest BCUT2D eigenvalue weighted by molar-refractivity contribution is 5.35.